The molecule has 2 aromatic rings. The molecule has 0 saturated heterocycles. The van der Waals surface area contributed by atoms with Gasteiger partial charge in [-0.3, -0.25) is 9.78 Å². The van der Waals surface area contributed by atoms with Crippen molar-refractivity contribution in [1.82, 2.24) is 4.98 Å². The van der Waals surface area contributed by atoms with Gasteiger partial charge in [0.1, 0.15) is 0 Å². The minimum Gasteiger partial charge on any atom is -0.383 e. The highest BCUT2D eigenvalue weighted by Crippen LogP contribution is 2.20. The lowest BCUT2D eigenvalue weighted by molar-refractivity contribution is 0.102. The Bertz CT molecular complexity index is 636. The van der Waals surface area contributed by atoms with Gasteiger partial charge in [0.25, 0.3) is 5.91 Å². The number of ether oxygens (including phenoxy) is 1. The molecule has 5 heteroatoms. The molecule has 1 amide bonds. The molecule has 5 nitrogen and oxygen atoms in total. The van der Waals surface area contributed by atoms with Crippen LogP contribution < -0.4 is 10.6 Å². The van der Waals surface area contributed by atoms with Crippen LogP contribution in [0.25, 0.3) is 0 Å². The molecular formula is C17H21N3O2. The van der Waals surface area contributed by atoms with E-state index in [2.05, 4.69) is 15.6 Å². The van der Waals surface area contributed by atoms with Crippen molar-refractivity contribution >= 4 is 17.3 Å². The number of nitrogens with one attached hydrogen (secondary N) is 2. The van der Waals surface area contributed by atoms with Gasteiger partial charge in [-0.2, -0.15) is 0 Å². The first-order valence-corrected chi connectivity index (χ1v) is 7.17. The minimum atomic E-state index is -0.166. The lowest BCUT2D eigenvalue weighted by Gasteiger charge is -2.12. The number of pyridine rings is 1. The number of aryl methyl sites for hydroxylation is 2. The number of aromatic nitrogens is 1. The van der Waals surface area contributed by atoms with E-state index < -0.39 is 0 Å². The van der Waals surface area contributed by atoms with Crippen LogP contribution in [0.5, 0.6) is 0 Å². The average molecular weight is 299 g/mol. The van der Waals surface area contributed by atoms with E-state index in [1.165, 1.54) is 0 Å². The second kappa shape index (κ2) is 7.56. The molecule has 1 aromatic heterocycles. The van der Waals surface area contributed by atoms with Crippen LogP contribution >= 0.6 is 0 Å². The summed E-state index contributed by atoms with van der Waals surface area (Å²) in [5.74, 6) is -0.166. The Labute approximate surface area is 130 Å². The van der Waals surface area contributed by atoms with Gasteiger partial charge in [0.2, 0.25) is 0 Å². The smallest absolute Gasteiger partial charge is 0.257 e. The normalized spacial score (nSPS) is 10.3. The van der Waals surface area contributed by atoms with Gasteiger partial charge in [0.15, 0.2) is 0 Å². The number of benzene rings is 1. The van der Waals surface area contributed by atoms with Crippen molar-refractivity contribution in [3.63, 3.8) is 0 Å². The fourth-order valence-electron chi connectivity index (χ4n) is 2.16. The first-order valence-electron chi connectivity index (χ1n) is 7.17. The SMILES string of the molecule is COCCNc1cncc(C(=O)Nc2c(C)cccc2C)c1. The standard InChI is InChI=1S/C17H21N3O2/c1-12-5-4-6-13(2)16(12)20-17(21)14-9-15(11-18-10-14)19-7-8-22-3/h4-6,9-11,19H,7-8H2,1-3H3,(H,20,21). The maximum atomic E-state index is 12.4. The highest BCUT2D eigenvalue weighted by Gasteiger charge is 2.10. The van der Waals surface area contributed by atoms with E-state index in [0.29, 0.717) is 18.7 Å². The van der Waals surface area contributed by atoms with Crippen LogP contribution in [0, 0.1) is 13.8 Å². The first kappa shape index (κ1) is 16.0. The Morgan fingerprint density at radius 1 is 1.23 bits per heavy atom. The van der Waals surface area contributed by atoms with Crippen molar-refractivity contribution in [2.75, 3.05) is 30.9 Å². The maximum absolute atomic E-state index is 12.4. The Kier molecular flexibility index (Phi) is 5.49. The predicted octanol–water partition coefficient (Wildman–Crippen LogP) is 3.01. The zero-order valence-corrected chi connectivity index (χ0v) is 13.1. The van der Waals surface area contributed by atoms with Crippen LogP contribution in [0.2, 0.25) is 0 Å². The number of methoxy groups -OCH3 is 1. The number of anilines is 2. The summed E-state index contributed by atoms with van der Waals surface area (Å²) < 4.78 is 4.98. The number of nitrogens with zero attached hydrogens (tertiary/aromatic N) is 1. The van der Waals surface area contributed by atoms with E-state index in [-0.39, 0.29) is 5.91 Å². The number of para-hydroxylation sites is 1. The average Bonchev–Trinajstić information content (AvgIpc) is 2.51. The van der Waals surface area contributed by atoms with Gasteiger partial charge in [0.05, 0.1) is 17.9 Å². The second-order valence-corrected chi connectivity index (χ2v) is 5.10. The number of hydrogen-bond acceptors (Lipinski definition) is 4. The molecule has 0 radical (unpaired) electrons. The predicted molar refractivity (Wildman–Crippen MR) is 88.5 cm³/mol. The van der Waals surface area contributed by atoms with E-state index >= 15 is 0 Å². The number of hydrogen-bond donors (Lipinski definition) is 2. The van der Waals surface area contributed by atoms with Gasteiger partial charge < -0.3 is 15.4 Å². The molecule has 0 aliphatic carbocycles. The van der Waals surface area contributed by atoms with Gasteiger partial charge in [0, 0.05) is 31.7 Å². The molecule has 116 valence electrons. The maximum Gasteiger partial charge on any atom is 0.257 e. The summed E-state index contributed by atoms with van der Waals surface area (Å²) >= 11 is 0. The number of amides is 1. The zero-order valence-electron chi connectivity index (χ0n) is 13.1. The summed E-state index contributed by atoms with van der Waals surface area (Å²) in [6.45, 7) is 5.21. The van der Waals surface area contributed by atoms with Gasteiger partial charge in [-0.1, -0.05) is 18.2 Å². The van der Waals surface area contributed by atoms with Gasteiger partial charge in [-0.05, 0) is 31.0 Å². The van der Waals surface area contributed by atoms with Crippen molar-refractivity contribution in [3.05, 3.63) is 53.3 Å². The van der Waals surface area contributed by atoms with Crippen LogP contribution in [0.1, 0.15) is 21.5 Å². The molecule has 1 aromatic carbocycles. The van der Waals surface area contributed by atoms with Crippen LogP contribution in [0.4, 0.5) is 11.4 Å². The molecule has 2 rings (SSSR count). The molecule has 0 bridgehead atoms. The Hall–Kier alpha value is -2.40. The Balaban J connectivity index is 2.11. The molecule has 0 saturated carbocycles. The first-order chi connectivity index (χ1) is 10.6. The Morgan fingerprint density at radius 3 is 2.64 bits per heavy atom. The summed E-state index contributed by atoms with van der Waals surface area (Å²) in [5, 5.41) is 6.12. The van der Waals surface area contributed by atoms with Gasteiger partial charge in [-0.15, -0.1) is 0 Å². The Morgan fingerprint density at radius 2 is 1.95 bits per heavy atom. The fraction of sp³-hybridized carbons (Fsp3) is 0.294. The summed E-state index contributed by atoms with van der Waals surface area (Å²) in [7, 11) is 1.65. The van der Waals surface area contributed by atoms with Crippen molar-refractivity contribution in [3.8, 4) is 0 Å². The van der Waals surface area contributed by atoms with Gasteiger partial charge >= 0.3 is 0 Å². The quantitative estimate of drug-likeness (QED) is 0.805. The summed E-state index contributed by atoms with van der Waals surface area (Å²) in [6, 6.07) is 7.71. The molecule has 1 heterocycles. The largest absolute Gasteiger partial charge is 0.383 e. The van der Waals surface area contributed by atoms with Crippen LogP contribution in [0.15, 0.2) is 36.7 Å². The van der Waals surface area contributed by atoms with Gasteiger partial charge in [-0.25, -0.2) is 0 Å². The molecule has 0 aliphatic rings. The summed E-state index contributed by atoms with van der Waals surface area (Å²) in [6.07, 6.45) is 3.25. The third-order valence-electron chi connectivity index (χ3n) is 3.36. The molecule has 0 fully saturated rings. The molecule has 2 N–H and O–H groups in total. The van der Waals surface area contributed by atoms with E-state index in [1.54, 1.807) is 25.6 Å². The van der Waals surface area contributed by atoms with E-state index in [4.69, 9.17) is 4.74 Å². The van der Waals surface area contributed by atoms with Crippen LogP contribution in [-0.2, 0) is 4.74 Å². The highest BCUT2D eigenvalue weighted by molar-refractivity contribution is 6.05. The zero-order chi connectivity index (χ0) is 15.9. The van der Waals surface area contributed by atoms with E-state index in [9.17, 15) is 4.79 Å². The topological polar surface area (TPSA) is 63.2 Å². The third-order valence-corrected chi connectivity index (χ3v) is 3.36. The molecule has 0 spiro atoms. The van der Waals surface area contributed by atoms with Crippen molar-refractivity contribution in [1.29, 1.82) is 0 Å². The molecule has 0 aliphatic heterocycles. The fourth-order valence-corrected chi connectivity index (χ4v) is 2.16. The number of carbonyl (C=O) groups is 1. The number of carbonyl (C=O) groups excluding carboxylic acids is 1. The van der Waals surface area contributed by atoms with Crippen LogP contribution in [-0.4, -0.2) is 31.2 Å². The van der Waals surface area contributed by atoms with Crippen molar-refractivity contribution < 1.29 is 9.53 Å². The van der Waals surface area contributed by atoms with Crippen molar-refractivity contribution in [2.24, 2.45) is 0 Å². The monoisotopic (exact) mass is 299 g/mol. The number of rotatable bonds is 6. The second-order valence-electron chi connectivity index (χ2n) is 5.10. The van der Waals surface area contributed by atoms with Crippen molar-refractivity contribution in [2.45, 2.75) is 13.8 Å². The lowest BCUT2D eigenvalue weighted by atomic mass is 10.1. The van der Waals surface area contributed by atoms with Crippen LogP contribution in [0.3, 0.4) is 0 Å². The minimum absolute atomic E-state index is 0.166. The third kappa shape index (κ3) is 4.05. The summed E-state index contributed by atoms with van der Waals surface area (Å²) in [5.41, 5.74) is 4.24. The highest BCUT2D eigenvalue weighted by atomic mass is 16.5. The molecule has 22 heavy (non-hydrogen) atoms. The van der Waals surface area contributed by atoms with E-state index in [0.717, 1.165) is 22.5 Å². The molecular weight excluding hydrogens is 278 g/mol. The molecule has 0 unspecified atom stereocenters. The van der Waals surface area contributed by atoms with E-state index in [1.807, 2.05) is 32.0 Å². The summed E-state index contributed by atoms with van der Waals surface area (Å²) in [4.78, 5) is 16.5. The lowest BCUT2D eigenvalue weighted by Crippen LogP contribution is -2.15. The molecule has 0 atom stereocenters.